The molecule has 3 aromatic carbocycles. The van der Waals surface area contributed by atoms with E-state index in [-0.39, 0.29) is 4.90 Å². The molecule has 0 aliphatic rings. The average molecular weight is 405 g/mol. The van der Waals surface area contributed by atoms with E-state index in [1.807, 2.05) is 54.6 Å². The van der Waals surface area contributed by atoms with Crippen LogP contribution in [0.25, 0.3) is 10.9 Å². The van der Waals surface area contributed by atoms with Gasteiger partial charge in [0.25, 0.3) is 0 Å². The first-order valence-electron chi connectivity index (χ1n) is 8.99. The number of benzene rings is 3. The zero-order chi connectivity index (χ0) is 20.3. The van der Waals surface area contributed by atoms with Crippen molar-refractivity contribution >= 4 is 26.6 Å². The van der Waals surface area contributed by atoms with Gasteiger partial charge in [0.15, 0.2) is 9.84 Å². The van der Waals surface area contributed by atoms with Crippen LogP contribution in [0.3, 0.4) is 0 Å². The quantitative estimate of drug-likeness (QED) is 0.511. The highest BCUT2D eigenvalue weighted by Gasteiger charge is 2.11. The van der Waals surface area contributed by atoms with E-state index in [0.717, 1.165) is 17.1 Å². The standard InChI is InChI=1S/C22H19N3O3S/c1-29(26,27)19-11-12-21-20(13-19)22(25-15-24-21)23-14-16-7-9-18(10-8-16)28-17-5-3-2-4-6-17/h2-13,15H,14H2,1H3,(H,23,24,25). The zero-order valence-corrected chi connectivity index (χ0v) is 16.6. The lowest BCUT2D eigenvalue weighted by Gasteiger charge is -2.10. The predicted molar refractivity (Wildman–Crippen MR) is 113 cm³/mol. The predicted octanol–water partition coefficient (Wildman–Crippen LogP) is 4.44. The Kier molecular flexibility index (Phi) is 5.14. The van der Waals surface area contributed by atoms with Gasteiger partial charge in [-0.3, -0.25) is 0 Å². The number of para-hydroxylation sites is 1. The van der Waals surface area contributed by atoms with E-state index in [4.69, 9.17) is 4.74 Å². The Morgan fingerprint density at radius 3 is 2.34 bits per heavy atom. The van der Waals surface area contributed by atoms with Gasteiger partial charge < -0.3 is 10.1 Å². The second-order valence-corrected chi connectivity index (χ2v) is 8.60. The van der Waals surface area contributed by atoms with E-state index >= 15 is 0 Å². The molecule has 6 nitrogen and oxygen atoms in total. The van der Waals surface area contributed by atoms with Crippen LogP contribution in [0.15, 0.2) is 84.0 Å². The topological polar surface area (TPSA) is 81.2 Å². The molecular weight excluding hydrogens is 386 g/mol. The van der Waals surface area contributed by atoms with Gasteiger partial charge in [-0.15, -0.1) is 0 Å². The summed E-state index contributed by atoms with van der Waals surface area (Å²) in [6.07, 6.45) is 2.64. The van der Waals surface area contributed by atoms with E-state index in [1.165, 1.54) is 12.6 Å². The summed E-state index contributed by atoms with van der Waals surface area (Å²) < 4.78 is 29.5. The van der Waals surface area contributed by atoms with E-state index in [2.05, 4.69) is 15.3 Å². The summed E-state index contributed by atoms with van der Waals surface area (Å²) in [7, 11) is -3.31. The minimum absolute atomic E-state index is 0.241. The largest absolute Gasteiger partial charge is 0.457 e. The molecule has 4 rings (SSSR count). The number of rotatable bonds is 6. The molecule has 7 heteroatoms. The Labute approximate surface area is 169 Å². The molecule has 0 aliphatic heterocycles. The third-order valence-electron chi connectivity index (χ3n) is 4.40. The van der Waals surface area contributed by atoms with Crippen LogP contribution < -0.4 is 10.1 Å². The Morgan fingerprint density at radius 2 is 1.62 bits per heavy atom. The number of aromatic nitrogens is 2. The van der Waals surface area contributed by atoms with Crippen LogP contribution in [0.4, 0.5) is 5.82 Å². The molecule has 1 heterocycles. The fourth-order valence-corrected chi connectivity index (χ4v) is 3.54. The molecule has 0 saturated heterocycles. The Balaban J connectivity index is 1.51. The van der Waals surface area contributed by atoms with Gasteiger partial charge in [-0.25, -0.2) is 18.4 Å². The summed E-state index contributed by atoms with van der Waals surface area (Å²) in [5.74, 6) is 2.13. The Hall–Kier alpha value is -3.45. The monoisotopic (exact) mass is 405 g/mol. The van der Waals surface area contributed by atoms with Crippen LogP contribution in [0, 0.1) is 0 Å². The first kappa shape index (κ1) is 18.9. The molecule has 1 N–H and O–H groups in total. The van der Waals surface area contributed by atoms with Crippen molar-refractivity contribution in [1.29, 1.82) is 0 Å². The molecule has 1 aromatic heterocycles. The van der Waals surface area contributed by atoms with Crippen molar-refractivity contribution in [3.63, 3.8) is 0 Å². The highest BCUT2D eigenvalue weighted by atomic mass is 32.2. The van der Waals surface area contributed by atoms with E-state index in [1.54, 1.807) is 18.2 Å². The zero-order valence-electron chi connectivity index (χ0n) is 15.7. The summed E-state index contributed by atoms with van der Waals surface area (Å²) in [6, 6.07) is 22.2. The molecule has 0 atom stereocenters. The molecule has 29 heavy (non-hydrogen) atoms. The molecule has 0 radical (unpaired) electrons. The summed E-state index contributed by atoms with van der Waals surface area (Å²) in [4.78, 5) is 8.73. The van der Waals surface area contributed by atoms with Gasteiger partial charge in [0.05, 0.1) is 10.4 Å². The number of nitrogens with one attached hydrogen (secondary N) is 1. The summed E-state index contributed by atoms with van der Waals surface area (Å²) in [6.45, 7) is 0.529. The van der Waals surface area contributed by atoms with Crippen molar-refractivity contribution in [2.24, 2.45) is 0 Å². The number of hydrogen-bond acceptors (Lipinski definition) is 6. The van der Waals surface area contributed by atoms with Gasteiger partial charge >= 0.3 is 0 Å². The van der Waals surface area contributed by atoms with Crippen LogP contribution in [-0.2, 0) is 16.4 Å². The van der Waals surface area contributed by atoms with Crippen molar-refractivity contribution < 1.29 is 13.2 Å². The normalized spacial score (nSPS) is 11.3. The lowest BCUT2D eigenvalue weighted by Crippen LogP contribution is -2.03. The van der Waals surface area contributed by atoms with Crippen LogP contribution in [0.1, 0.15) is 5.56 Å². The molecule has 0 aliphatic carbocycles. The van der Waals surface area contributed by atoms with Crippen molar-refractivity contribution in [1.82, 2.24) is 9.97 Å². The molecule has 0 unspecified atom stereocenters. The van der Waals surface area contributed by atoms with Gasteiger partial charge in [-0.2, -0.15) is 0 Å². The maximum atomic E-state index is 11.9. The Bertz CT molecular complexity index is 1240. The molecule has 0 bridgehead atoms. The van der Waals surface area contributed by atoms with Gasteiger partial charge in [0.2, 0.25) is 0 Å². The fourth-order valence-electron chi connectivity index (χ4n) is 2.89. The number of nitrogens with zero attached hydrogens (tertiary/aromatic N) is 2. The summed E-state index contributed by atoms with van der Waals surface area (Å²) in [5.41, 5.74) is 1.72. The lowest BCUT2D eigenvalue weighted by atomic mass is 10.2. The van der Waals surface area contributed by atoms with Crippen molar-refractivity contribution in [3.8, 4) is 11.5 Å². The first-order chi connectivity index (χ1) is 14.0. The van der Waals surface area contributed by atoms with Crippen molar-refractivity contribution in [3.05, 3.63) is 84.7 Å². The second kappa shape index (κ2) is 7.89. The highest BCUT2D eigenvalue weighted by molar-refractivity contribution is 7.90. The number of ether oxygens (including phenoxy) is 1. The smallest absolute Gasteiger partial charge is 0.175 e. The van der Waals surface area contributed by atoms with Gasteiger partial charge in [0, 0.05) is 18.2 Å². The minimum Gasteiger partial charge on any atom is -0.457 e. The van der Waals surface area contributed by atoms with E-state index in [9.17, 15) is 8.42 Å². The number of anilines is 1. The van der Waals surface area contributed by atoms with Crippen molar-refractivity contribution in [2.45, 2.75) is 11.4 Å². The molecule has 0 fully saturated rings. The summed E-state index contributed by atoms with van der Waals surface area (Å²) >= 11 is 0. The van der Waals surface area contributed by atoms with E-state index in [0.29, 0.717) is 23.3 Å². The number of fused-ring (bicyclic) bond motifs is 1. The molecule has 4 aromatic rings. The number of hydrogen-bond donors (Lipinski definition) is 1. The van der Waals surface area contributed by atoms with Crippen LogP contribution >= 0.6 is 0 Å². The van der Waals surface area contributed by atoms with Crippen LogP contribution in [0.5, 0.6) is 11.5 Å². The molecule has 0 spiro atoms. The number of sulfone groups is 1. The van der Waals surface area contributed by atoms with Crippen LogP contribution in [0.2, 0.25) is 0 Å². The fraction of sp³-hybridized carbons (Fsp3) is 0.0909. The third kappa shape index (κ3) is 4.52. The highest BCUT2D eigenvalue weighted by Crippen LogP contribution is 2.24. The van der Waals surface area contributed by atoms with Crippen molar-refractivity contribution in [2.75, 3.05) is 11.6 Å². The van der Waals surface area contributed by atoms with Gasteiger partial charge in [-0.1, -0.05) is 30.3 Å². The maximum absolute atomic E-state index is 11.9. The molecule has 0 amide bonds. The van der Waals surface area contributed by atoms with Crippen LogP contribution in [-0.4, -0.2) is 24.6 Å². The maximum Gasteiger partial charge on any atom is 0.175 e. The van der Waals surface area contributed by atoms with Gasteiger partial charge in [0.1, 0.15) is 23.6 Å². The lowest BCUT2D eigenvalue weighted by molar-refractivity contribution is 0.482. The first-order valence-corrected chi connectivity index (χ1v) is 10.9. The van der Waals surface area contributed by atoms with E-state index < -0.39 is 9.84 Å². The minimum atomic E-state index is -3.31. The third-order valence-corrected chi connectivity index (χ3v) is 5.51. The molecule has 0 saturated carbocycles. The SMILES string of the molecule is CS(=O)(=O)c1ccc2ncnc(NCc3ccc(Oc4ccccc4)cc3)c2c1. The Morgan fingerprint density at radius 1 is 0.897 bits per heavy atom. The average Bonchev–Trinajstić information content (AvgIpc) is 2.73. The molecule has 146 valence electrons. The second-order valence-electron chi connectivity index (χ2n) is 6.59. The summed E-state index contributed by atoms with van der Waals surface area (Å²) in [5, 5.41) is 3.93. The van der Waals surface area contributed by atoms with Gasteiger partial charge in [-0.05, 0) is 48.0 Å². The molecular formula is C22H19N3O3S.